The minimum absolute atomic E-state index is 0.0173. The molecule has 1 N–H and O–H groups in total. The molecule has 0 aliphatic carbocycles. The van der Waals surface area contributed by atoms with Gasteiger partial charge in [-0.3, -0.25) is 10.1 Å². The van der Waals surface area contributed by atoms with Crippen molar-refractivity contribution in [1.82, 2.24) is 0 Å². The van der Waals surface area contributed by atoms with Crippen molar-refractivity contribution in [3.63, 3.8) is 0 Å². The lowest BCUT2D eigenvalue weighted by molar-refractivity contribution is -0.383. The molecule has 0 saturated carbocycles. The fourth-order valence-electron chi connectivity index (χ4n) is 1.14. The second-order valence-corrected chi connectivity index (χ2v) is 3.65. The average molecular weight is 269 g/mol. The van der Waals surface area contributed by atoms with Gasteiger partial charge in [0.25, 0.3) is 5.69 Å². The van der Waals surface area contributed by atoms with E-state index in [0.29, 0.717) is 0 Å². The maximum Gasteiger partial charge on any atom is 0.390 e. The standard InChI is InChI=1S/C9H8ClF3N2O2/c10-6-1-2-7(8(5-6)15(16)17)14-4-3-9(11,12)13/h1-2,5,14H,3-4H2. The molecular weight excluding hydrogens is 261 g/mol. The van der Waals surface area contributed by atoms with Crippen LogP contribution in [0.5, 0.6) is 0 Å². The summed E-state index contributed by atoms with van der Waals surface area (Å²) in [5, 5.41) is 13.1. The Kier molecular flexibility index (Phi) is 4.17. The molecule has 0 bridgehead atoms. The molecule has 0 spiro atoms. The van der Waals surface area contributed by atoms with Crippen molar-refractivity contribution in [2.24, 2.45) is 0 Å². The number of alkyl halides is 3. The minimum Gasteiger partial charge on any atom is -0.379 e. The Hall–Kier alpha value is -1.50. The number of benzene rings is 1. The second kappa shape index (κ2) is 5.22. The maximum absolute atomic E-state index is 11.9. The van der Waals surface area contributed by atoms with Crippen molar-refractivity contribution in [2.75, 3.05) is 11.9 Å². The van der Waals surface area contributed by atoms with Gasteiger partial charge in [0.1, 0.15) is 5.69 Å². The van der Waals surface area contributed by atoms with Crippen molar-refractivity contribution in [3.8, 4) is 0 Å². The van der Waals surface area contributed by atoms with Crippen LogP contribution in [0, 0.1) is 10.1 Å². The Bertz CT molecular complexity index is 423. The SMILES string of the molecule is O=[N+]([O-])c1cc(Cl)ccc1NCCC(F)(F)F. The first-order valence-electron chi connectivity index (χ1n) is 4.54. The van der Waals surface area contributed by atoms with Gasteiger partial charge in [0.2, 0.25) is 0 Å². The Morgan fingerprint density at radius 3 is 2.59 bits per heavy atom. The smallest absolute Gasteiger partial charge is 0.379 e. The van der Waals surface area contributed by atoms with Crippen LogP contribution >= 0.6 is 11.6 Å². The van der Waals surface area contributed by atoms with Crippen LogP contribution in [0.2, 0.25) is 5.02 Å². The summed E-state index contributed by atoms with van der Waals surface area (Å²) in [5.74, 6) is 0. The van der Waals surface area contributed by atoms with Gasteiger partial charge in [0.05, 0.1) is 11.3 Å². The Morgan fingerprint density at radius 1 is 1.41 bits per heavy atom. The molecule has 1 aromatic carbocycles. The van der Waals surface area contributed by atoms with E-state index in [1.807, 2.05) is 0 Å². The molecule has 17 heavy (non-hydrogen) atoms. The molecule has 8 heteroatoms. The molecule has 1 aromatic rings. The number of nitro benzene ring substituents is 1. The quantitative estimate of drug-likeness (QED) is 0.670. The second-order valence-electron chi connectivity index (χ2n) is 3.21. The number of nitro groups is 1. The van der Waals surface area contributed by atoms with E-state index < -0.39 is 24.1 Å². The van der Waals surface area contributed by atoms with E-state index >= 15 is 0 Å². The van der Waals surface area contributed by atoms with Crippen LogP contribution in [0.1, 0.15) is 6.42 Å². The summed E-state index contributed by atoms with van der Waals surface area (Å²) in [6.07, 6.45) is -5.36. The molecule has 0 aromatic heterocycles. The number of nitrogens with one attached hydrogen (secondary N) is 1. The molecule has 94 valence electrons. The molecule has 1 rings (SSSR count). The highest BCUT2D eigenvalue weighted by Gasteiger charge is 2.26. The lowest BCUT2D eigenvalue weighted by atomic mass is 10.2. The Labute approximate surface area is 99.5 Å². The first-order valence-corrected chi connectivity index (χ1v) is 4.92. The zero-order valence-electron chi connectivity index (χ0n) is 8.42. The molecular formula is C9H8ClF3N2O2. The minimum atomic E-state index is -4.30. The van der Waals surface area contributed by atoms with E-state index in [1.54, 1.807) is 0 Å². The van der Waals surface area contributed by atoms with E-state index in [1.165, 1.54) is 12.1 Å². The lowest BCUT2D eigenvalue weighted by Crippen LogP contribution is -2.15. The first kappa shape index (κ1) is 13.6. The van der Waals surface area contributed by atoms with Gasteiger partial charge < -0.3 is 5.32 Å². The van der Waals surface area contributed by atoms with Crippen molar-refractivity contribution < 1.29 is 18.1 Å². The van der Waals surface area contributed by atoms with E-state index in [4.69, 9.17) is 11.6 Å². The maximum atomic E-state index is 11.9. The van der Waals surface area contributed by atoms with Crippen molar-refractivity contribution >= 4 is 23.0 Å². The van der Waals surface area contributed by atoms with Gasteiger partial charge in [-0.2, -0.15) is 13.2 Å². The number of hydrogen-bond acceptors (Lipinski definition) is 3. The molecule has 0 aliphatic heterocycles. The molecule has 0 heterocycles. The molecule has 0 radical (unpaired) electrons. The number of hydrogen-bond donors (Lipinski definition) is 1. The molecule has 0 unspecified atom stereocenters. The third-order valence-electron chi connectivity index (χ3n) is 1.88. The van der Waals surface area contributed by atoms with Gasteiger partial charge in [-0.1, -0.05) is 11.6 Å². The predicted octanol–water partition coefficient (Wildman–Crippen LogP) is 3.61. The van der Waals surface area contributed by atoms with Crippen molar-refractivity contribution in [3.05, 3.63) is 33.3 Å². The molecule has 0 atom stereocenters. The summed E-state index contributed by atoms with van der Waals surface area (Å²) in [6, 6.07) is 3.72. The molecule has 0 amide bonds. The summed E-state index contributed by atoms with van der Waals surface area (Å²) in [5.41, 5.74) is -0.330. The van der Waals surface area contributed by atoms with Crippen LogP contribution in [0.25, 0.3) is 0 Å². The lowest BCUT2D eigenvalue weighted by Gasteiger charge is -2.09. The monoisotopic (exact) mass is 268 g/mol. The number of halogens is 4. The first-order chi connectivity index (χ1) is 7.79. The fraction of sp³-hybridized carbons (Fsp3) is 0.333. The summed E-state index contributed by atoms with van der Waals surface area (Å²) in [4.78, 5) is 9.91. The molecule has 0 fully saturated rings. The molecule has 0 saturated heterocycles. The van der Waals surface area contributed by atoms with Gasteiger partial charge in [-0.15, -0.1) is 0 Å². The third kappa shape index (κ3) is 4.48. The van der Waals surface area contributed by atoms with Gasteiger partial charge in [0.15, 0.2) is 0 Å². The fourth-order valence-corrected chi connectivity index (χ4v) is 1.31. The van der Waals surface area contributed by atoms with E-state index in [-0.39, 0.29) is 16.4 Å². The van der Waals surface area contributed by atoms with Gasteiger partial charge in [-0.25, -0.2) is 0 Å². The summed E-state index contributed by atoms with van der Waals surface area (Å²) < 4.78 is 35.7. The van der Waals surface area contributed by atoms with Crippen LogP contribution < -0.4 is 5.32 Å². The zero-order valence-corrected chi connectivity index (χ0v) is 9.18. The highest BCUT2D eigenvalue weighted by Crippen LogP contribution is 2.28. The van der Waals surface area contributed by atoms with Crippen molar-refractivity contribution in [2.45, 2.75) is 12.6 Å². The summed E-state index contributed by atoms with van der Waals surface area (Å²) in [7, 11) is 0. The van der Waals surface area contributed by atoms with Crippen LogP contribution in [-0.2, 0) is 0 Å². The van der Waals surface area contributed by atoms with E-state index in [0.717, 1.165) is 6.07 Å². The third-order valence-corrected chi connectivity index (χ3v) is 2.12. The van der Waals surface area contributed by atoms with Gasteiger partial charge in [-0.05, 0) is 12.1 Å². The molecule has 4 nitrogen and oxygen atoms in total. The Balaban J connectivity index is 2.74. The largest absolute Gasteiger partial charge is 0.390 e. The highest BCUT2D eigenvalue weighted by molar-refractivity contribution is 6.30. The van der Waals surface area contributed by atoms with E-state index in [9.17, 15) is 23.3 Å². The van der Waals surface area contributed by atoms with E-state index in [2.05, 4.69) is 5.32 Å². The topological polar surface area (TPSA) is 55.2 Å². The van der Waals surface area contributed by atoms with Crippen LogP contribution in [0.3, 0.4) is 0 Å². The number of rotatable bonds is 4. The number of anilines is 1. The normalized spacial score (nSPS) is 11.3. The summed E-state index contributed by atoms with van der Waals surface area (Å²) in [6.45, 7) is -0.425. The summed E-state index contributed by atoms with van der Waals surface area (Å²) >= 11 is 5.56. The highest BCUT2D eigenvalue weighted by atomic mass is 35.5. The van der Waals surface area contributed by atoms with Crippen LogP contribution in [-0.4, -0.2) is 17.6 Å². The van der Waals surface area contributed by atoms with Crippen molar-refractivity contribution in [1.29, 1.82) is 0 Å². The van der Waals surface area contributed by atoms with Gasteiger partial charge in [0, 0.05) is 17.6 Å². The van der Waals surface area contributed by atoms with Crippen LogP contribution in [0.15, 0.2) is 18.2 Å². The number of nitrogens with zero attached hydrogens (tertiary/aromatic N) is 1. The average Bonchev–Trinajstić information content (AvgIpc) is 2.18. The Morgan fingerprint density at radius 2 is 2.06 bits per heavy atom. The van der Waals surface area contributed by atoms with Crippen LogP contribution in [0.4, 0.5) is 24.5 Å². The predicted molar refractivity (Wildman–Crippen MR) is 57.3 cm³/mol. The van der Waals surface area contributed by atoms with Gasteiger partial charge >= 0.3 is 6.18 Å². The zero-order chi connectivity index (χ0) is 13.1. The molecule has 0 aliphatic rings.